The van der Waals surface area contributed by atoms with E-state index in [1.165, 1.54) is 0 Å². The van der Waals surface area contributed by atoms with Crippen molar-refractivity contribution in [1.82, 2.24) is 10.1 Å². The van der Waals surface area contributed by atoms with Crippen molar-refractivity contribution in [2.24, 2.45) is 5.73 Å². The summed E-state index contributed by atoms with van der Waals surface area (Å²) in [5.74, 6) is 1.08. The number of nitrogens with zero attached hydrogens (tertiary/aromatic N) is 2. The summed E-state index contributed by atoms with van der Waals surface area (Å²) in [6, 6.07) is 6.28. The van der Waals surface area contributed by atoms with Crippen LogP contribution in [-0.4, -0.2) is 15.2 Å². The molecule has 0 bridgehead atoms. The van der Waals surface area contributed by atoms with E-state index in [2.05, 4.69) is 10.1 Å². The molecule has 15 heavy (non-hydrogen) atoms. The van der Waals surface area contributed by atoms with Gasteiger partial charge in [0.2, 0.25) is 0 Å². The summed E-state index contributed by atoms with van der Waals surface area (Å²) in [7, 11) is 0. The van der Waals surface area contributed by atoms with E-state index in [1.54, 1.807) is 31.2 Å². The lowest BCUT2D eigenvalue weighted by Gasteiger charge is -1.94. The van der Waals surface area contributed by atoms with E-state index in [4.69, 9.17) is 15.4 Å². The predicted molar refractivity (Wildman–Crippen MR) is 54.0 cm³/mol. The number of aromatic nitrogens is 2. The maximum atomic E-state index is 9.11. The van der Waals surface area contributed by atoms with Gasteiger partial charge in [0.1, 0.15) is 5.75 Å². The number of nitrogens with two attached hydrogens (primary N) is 1. The lowest BCUT2D eigenvalue weighted by Crippen LogP contribution is -2.06. The molecule has 78 valence electrons. The maximum absolute atomic E-state index is 9.11. The van der Waals surface area contributed by atoms with Crippen molar-refractivity contribution in [2.45, 2.75) is 13.0 Å². The lowest BCUT2D eigenvalue weighted by atomic mass is 10.2. The molecule has 2 aromatic rings. The summed E-state index contributed by atoms with van der Waals surface area (Å²) < 4.78 is 5.03. The third-order valence-electron chi connectivity index (χ3n) is 1.96. The Hall–Kier alpha value is -1.88. The maximum Gasteiger partial charge on any atom is 0.257 e. The zero-order chi connectivity index (χ0) is 10.8. The zero-order valence-corrected chi connectivity index (χ0v) is 8.21. The average Bonchev–Trinajstić information content (AvgIpc) is 2.68. The van der Waals surface area contributed by atoms with Gasteiger partial charge in [0, 0.05) is 5.56 Å². The van der Waals surface area contributed by atoms with Gasteiger partial charge in [-0.3, -0.25) is 0 Å². The Morgan fingerprint density at radius 1 is 1.33 bits per heavy atom. The molecule has 1 heterocycles. The van der Waals surface area contributed by atoms with E-state index in [-0.39, 0.29) is 11.8 Å². The lowest BCUT2D eigenvalue weighted by molar-refractivity contribution is 0.418. The van der Waals surface area contributed by atoms with E-state index in [1.807, 2.05) is 0 Å². The van der Waals surface area contributed by atoms with E-state index >= 15 is 0 Å². The van der Waals surface area contributed by atoms with Crippen LogP contribution in [0.4, 0.5) is 0 Å². The molecule has 0 radical (unpaired) electrons. The van der Waals surface area contributed by atoms with Crippen molar-refractivity contribution in [1.29, 1.82) is 0 Å². The standard InChI is InChI=1S/C10H11N3O2/c1-6(11)9-12-10(15-13-9)7-2-4-8(14)5-3-7/h2-6,14H,11H2,1H3. The van der Waals surface area contributed by atoms with Crippen molar-refractivity contribution in [3.8, 4) is 17.2 Å². The molecule has 0 spiro atoms. The molecular formula is C10H11N3O2. The van der Waals surface area contributed by atoms with Gasteiger partial charge in [-0.1, -0.05) is 5.16 Å². The Morgan fingerprint density at radius 3 is 2.53 bits per heavy atom. The number of aromatic hydroxyl groups is 1. The minimum Gasteiger partial charge on any atom is -0.508 e. The molecule has 0 saturated carbocycles. The third-order valence-corrected chi connectivity index (χ3v) is 1.96. The molecule has 1 aromatic carbocycles. The van der Waals surface area contributed by atoms with Gasteiger partial charge in [0.05, 0.1) is 6.04 Å². The summed E-state index contributed by atoms with van der Waals surface area (Å²) in [6.07, 6.45) is 0. The molecular weight excluding hydrogens is 194 g/mol. The number of phenolic OH excluding ortho intramolecular Hbond substituents is 1. The van der Waals surface area contributed by atoms with Crippen molar-refractivity contribution in [3.63, 3.8) is 0 Å². The Morgan fingerprint density at radius 2 is 2.00 bits per heavy atom. The monoisotopic (exact) mass is 205 g/mol. The van der Waals surface area contributed by atoms with Crippen molar-refractivity contribution >= 4 is 0 Å². The Kier molecular flexibility index (Phi) is 2.39. The summed E-state index contributed by atoms with van der Waals surface area (Å²) in [5, 5.41) is 12.9. The Balaban J connectivity index is 2.33. The van der Waals surface area contributed by atoms with E-state index in [0.717, 1.165) is 5.56 Å². The quantitative estimate of drug-likeness (QED) is 0.775. The van der Waals surface area contributed by atoms with Crippen LogP contribution in [0, 0.1) is 0 Å². The van der Waals surface area contributed by atoms with Gasteiger partial charge < -0.3 is 15.4 Å². The summed E-state index contributed by atoms with van der Waals surface area (Å²) in [5.41, 5.74) is 6.36. The number of benzene rings is 1. The van der Waals surface area contributed by atoms with Gasteiger partial charge in [0.25, 0.3) is 5.89 Å². The van der Waals surface area contributed by atoms with Crippen LogP contribution in [0.25, 0.3) is 11.5 Å². The molecule has 3 N–H and O–H groups in total. The van der Waals surface area contributed by atoms with Crippen LogP contribution in [0.5, 0.6) is 5.75 Å². The normalized spacial score (nSPS) is 12.7. The Bertz CT molecular complexity index is 448. The summed E-state index contributed by atoms with van der Waals surface area (Å²) in [6.45, 7) is 1.78. The molecule has 0 fully saturated rings. The fourth-order valence-corrected chi connectivity index (χ4v) is 1.14. The molecule has 5 nitrogen and oxygen atoms in total. The number of rotatable bonds is 2. The topological polar surface area (TPSA) is 85.2 Å². The van der Waals surface area contributed by atoms with Crippen molar-refractivity contribution < 1.29 is 9.63 Å². The van der Waals surface area contributed by atoms with E-state index in [0.29, 0.717) is 11.7 Å². The number of hydrogen-bond donors (Lipinski definition) is 2. The van der Waals surface area contributed by atoms with Gasteiger partial charge in [0.15, 0.2) is 5.82 Å². The van der Waals surface area contributed by atoms with Crippen LogP contribution in [0.1, 0.15) is 18.8 Å². The second-order valence-corrected chi connectivity index (χ2v) is 3.29. The largest absolute Gasteiger partial charge is 0.508 e. The van der Waals surface area contributed by atoms with Crippen LogP contribution >= 0.6 is 0 Å². The second kappa shape index (κ2) is 3.70. The van der Waals surface area contributed by atoms with E-state index in [9.17, 15) is 0 Å². The highest BCUT2D eigenvalue weighted by atomic mass is 16.5. The second-order valence-electron chi connectivity index (χ2n) is 3.29. The van der Waals surface area contributed by atoms with Crippen LogP contribution in [-0.2, 0) is 0 Å². The molecule has 1 unspecified atom stereocenters. The molecule has 0 amide bonds. The van der Waals surface area contributed by atoms with Crippen LogP contribution in [0.15, 0.2) is 28.8 Å². The van der Waals surface area contributed by atoms with Crippen molar-refractivity contribution in [2.75, 3.05) is 0 Å². The van der Waals surface area contributed by atoms with Gasteiger partial charge in [-0.2, -0.15) is 4.98 Å². The smallest absolute Gasteiger partial charge is 0.257 e. The predicted octanol–water partition coefficient (Wildman–Crippen LogP) is 1.46. The molecule has 2 rings (SSSR count). The highest BCUT2D eigenvalue weighted by Gasteiger charge is 2.11. The summed E-state index contributed by atoms with van der Waals surface area (Å²) in [4.78, 5) is 4.13. The number of phenols is 1. The van der Waals surface area contributed by atoms with Gasteiger partial charge in [-0.15, -0.1) is 0 Å². The molecule has 1 aromatic heterocycles. The van der Waals surface area contributed by atoms with Crippen molar-refractivity contribution in [3.05, 3.63) is 30.1 Å². The Labute approximate surface area is 86.5 Å². The fourth-order valence-electron chi connectivity index (χ4n) is 1.14. The number of hydrogen-bond acceptors (Lipinski definition) is 5. The minimum absolute atomic E-state index is 0.200. The van der Waals surface area contributed by atoms with Gasteiger partial charge in [-0.25, -0.2) is 0 Å². The first kappa shape index (κ1) is 9.67. The highest BCUT2D eigenvalue weighted by molar-refractivity contribution is 5.53. The highest BCUT2D eigenvalue weighted by Crippen LogP contribution is 2.20. The van der Waals surface area contributed by atoms with Crippen LogP contribution in [0.2, 0.25) is 0 Å². The van der Waals surface area contributed by atoms with Gasteiger partial charge in [-0.05, 0) is 31.2 Å². The zero-order valence-electron chi connectivity index (χ0n) is 8.21. The fraction of sp³-hybridized carbons (Fsp3) is 0.200. The first-order valence-corrected chi connectivity index (χ1v) is 4.55. The molecule has 5 heteroatoms. The molecule has 0 aliphatic rings. The molecule has 0 saturated heterocycles. The summed E-state index contributed by atoms with van der Waals surface area (Å²) >= 11 is 0. The molecule has 1 atom stereocenters. The molecule has 0 aliphatic carbocycles. The molecule has 0 aliphatic heterocycles. The van der Waals surface area contributed by atoms with Crippen LogP contribution < -0.4 is 5.73 Å². The SMILES string of the molecule is CC(N)c1noc(-c2ccc(O)cc2)n1. The van der Waals surface area contributed by atoms with Crippen LogP contribution in [0.3, 0.4) is 0 Å². The van der Waals surface area contributed by atoms with E-state index < -0.39 is 0 Å². The first-order valence-electron chi connectivity index (χ1n) is 4.55. The first-order chi connectivity index (χ1) is 7.16. The minimum atomic E-state index is -0.250. The third kappa shape index (κ3) is 1.97. The van der Waals surface area contributed by atoms with Gasteiger partial charge >= 0.3 is 0 Å². The average molecular weight is 205 g/mol.